The van der Waals surface area contributed by atoms with Crippen LogP contribution in [0.4, 0.5) is 10.8 Å². The highest BCUT2D eigenvalue weighted by Gasteiger charge is 2.37. The molecule has 0 aromatic carbocycles. The van der Waals surface area contributed by atoms with Gasteiger partial charge < -0.3 is 24.5 Å². The van der Waals surface area contributed by atoms with E-state index in [1.54, 1.807) is 7.05 Å². The first-order valence-corrected chi connectivity index (χ1v) is 10.9. The molecule has 8 heteroatoms. The lowest BCUT2D eigenvalue weighted by molar-refractivity contribution is 0.0898. The van der Waals surface area contributed by atoms with Crippen molar-refractivity contribution in [2.45, 2.75) is 64.0 Å². The summed E-state index contributed by atoms with van der Waals surface area (Å²) in [6.07, 6.45) is 8.29. The molecule has 156 valence electrons. The zero-order valence-electron chi connectivity index (χ0n) is 17.3. The molecule has 3 aliphatic rings. The Kier molecular flexibility index (Phi) is 6.04. The number of hydrogen-bond acceptors (Lipinski definition) is 6. The highest BCUT2D eigenvalue weighted by atomic mass is 16.5. The Bertz CT molecular complexity index is 657. The molecule has 1 aromatic rings. The normalized spacial score (nSPS) is 27.8. The first-order valence-electron chi connectivity index (χ1n) is 10.9. The molecule has 3 saturated heterocycles. The predicted octanol–water partition coefficient (Wildman–Crippen LogP) is 2.25. The van der Waals surface area contributed by atoms with E-state index in [0.717, 1.165) is 45.6 Å². The van der Waals surface area contributed by atoms with Gasteiger partial charge in [-0.15, -0.1) is 0 Å². The van der Waals surface area contributed by atoms with E-state index >= 15 is 0 Å². The van der Waals surface area contributed by atoms with Crippen LogP contribution >= 0.6 is 0 Å². The van der Waals surface area contributed by atoms with Crippen molar-refractivity contribution in [3.05, 3.63) is 5.82 Å². The molecule has 3 fully saturated rings. The largest absolute Gasteiger partial charge is 0.341 e. The van der Waals surface area contributed by atoms with Gasteiger partial charge in [0.25, 0.3) is 0 Å². The second-order valence-electron chi connectivity index (χ2n) is 8.53. The molecule has 4 heterocycles. The molecule has 28 heavy (non-hydrogen) atoms. The number of anilines is 1. The van der Waals surface area contributed by atoms with Crippen LogP contribution in [-0.2, 0) is 0 Å². The van der Waals surface area contributed by atoms with E-state index in [1.165, 1.54) is 32.1 Å². The van der Waals surface area contributed by atoms with Gasteiger partial charge in [0.1, 0.15) is 0 Å². The first kappa shape index (κ1) is 19.5. The Balaban J connectivity index is 1.28. The summed E-state index contributed by atoms with van der Waals surface area (Å²) in [6, 6.07) is 1.86. The summed E-state index contributed by atoms with van der Waals surface area (Å²) >= 11 is 0. The average Bonchev–Trinajstić information content (AvgIpc) is 3.31. The highest BCUT2D eigenvalue weighted by molar-refractivity contribution is 5.74. The molecular weight excluding hydrogens is 356 g/mol. The zero-order valence-corrected chi connectivity index (χ0v) is 17.3. The molecule has 2 atom stereocenters. The van der Waals surface area contributed by atoms with Crippen molar-refractivity contribution in [2.24, 2.45) is 5.92 Å². The van der Waals surface area contributed by atoms with Crippen molar-refractivity contribution in [3.8, 4) is 0 Å². The summed E-state index contributed by atoms with van der Waals surface area (Å²) in [5.41, 5.74) is 0. The fourth-order valence-corrected chi connectivity index (χ4v) is 5.40. The van der Waals surface area contributed by atoms with E-state index in [2.05, 4.69) is 30.2 Å². The fraction of sp³-hybridized carbons (Fsp3) is 0.850. The lowest BCUT2D eigenvalue weighted by atomic mass is 9.87. The van der Waals surface area contributed by atoms with Crippen molar-refractivity contribution in [3.63, 3.8) is 0 Å². The van der Waals surface area contributed by atoms with Crippen molar-refractivity contribution in [1.82, 2.24) is 25.3 Å². The number of amides is 2. The molecule has 4 rings (SSSR count). The van der Waals surface area contributed by atoms with E-state index < -0.39 is 0 Å². The number of aromatic nitrogens is 2. The molecule has 3 aliphatic heterocycles. The Morgan fingerprint density at radius 3 is 2.54 bits per heavy atom. The molecule has 8 nitrogen and oxygen atoms in total. The third kappa shape index (κ3) is 4.11. The molecular formula is C20H34N6O2. The number of piperidine rings is 1. The van der Waals surface area contributed by atoms with Crippen molar-refractivity contribution >= 4 is 12.0 Å². The highest BCUT2D eigenvalue weighted by Crippen LogP contribution is 2.33. The number of nitrogens with one attached hydrogen (secondary N) is 1. The number of hydrogen-bond donors (Lipinski definition) is 1. The van der Waals surface area contributed by atoms with Gasteiger partial charge in [0.15, 0.2) is 5.82 Å². The zero-order chi connectivity index (χ0) is 19.5. The van der Waals surface area contributed by atoms with Gasteiger partial charge in [-0.1, -0.05) is 5.16 Å². The van der Waals surface area contributed by atoms with Crippen LogP contribution in [0.3, 0.4) is 0 Å². The Labute approximate surface area is 167 Å². The summed E-state index contributed by atoms with van der Waals surface area (Å²) in [4.78, 5) is 23.6. The van der Waals surface area contributed by atoms with E-state index in [9.17, 15) is 4.79 Å². The minimum absolute atomic E-state index is 0.102. The number of carbonyl (C=O) groups is 1. The Morgan fingerprint density at radius 2 is 1.82 bits per heavy atom. The van der Waals surface area contributed by atoms with Crippen LogP contribution in [0.2, 0.25) is 0 Å². The minimum atomic E-state index is 0.102. The van der Waals surface area contributed by atoms with Gasteiger partial charge in [-0.05, 0) is 70.9 Å². The van der Waals surface area contributed by atoms with Crippen LogP contribution in [-0.4, -0.2) is 77.8 Å². The second-order valence-corrected chi connectivity index (χ2v) is 8.53. The number of aryl methyl sites for hydroxylation is 1. The van der Waals surface area contributed by atoms with Gasteiger partial charge in [-0.25, -0.2) is 4.79 Å². The predicted molar refractivity (Wildman–Crippen MR) is 107 cm³/mol. The maximum absolute atomic E-state index is 12.1. The maximum atomic E-state index is 12.1. The van der Waals surface area contributed by atoms with Crippen LogP contribution in [0.15, 0.2) is 4.52 Å². The molecule has 0 saturated carbocycles. The monoisotopic (exact) mass is 390 g/mol. The summed E-state index contributed by atoms with van der Waals surface area (Å²) in [7, 11) is 1.74. The molecule has 0 aliphatic carbocycles. The molecule has 0 spiro atoms. The number of carbonyl (C=O) groups excluding carboxylic acids is 1. The van der Waals surface area contributed by atoms with Crippen molar-refractivity contribution < 1.29 is 9.32 Å². The van der Waals surface area contributed by atoms with Crippen molar-refractivity contribution in [1.29, 1.82) is 0 Å². The number of urea groups is 1. The Hall–Kier alpha value is -1.83. The third-order valence-electron chi connectivity index (χ3n) is 6.89. The maximum Gasteiger partial charge on any atom is 0.324 e. The summed E-state index contributed by atoms with van der Waals surface area (Å²) in [5, 5.41) is 6.75. The molecule has 1 unspecified atom stereocenters. The van der Waals surface area contributed by atoms with E-state index in [-0.39, 0.29) is 6.03 Å². The summed E-state index contributed by atoms with van der Waals surface area (Å²) in [5.74, 6) is 1.36. The van der Waals surface area contributed by atoms with Crippen molar-refractivity contribution in [2.75, 3.05) is 44.7 Å². The van der Waals surface area contributed by atoms with Crippen LogP contribution in [0.1, 0.15) is 50.8 Å². The van der Waals surface area contributed by atoms with Crippen LogP contribution in [0, 0.1) is 12.8 Å². The SMILES string of the molecule is CNC(=O)N1CCC[C@H]1C1CCN(C2CCCN(c3nc(C)no3)CC2)CC1. The molecule has 1 N–H and O–H groups in total. The van der Waals surface area contributed by atoms with Crippen LogP contribution in [0.5, 0.6) is 0 Å². The fourth-order valence-electron chi connectivity index (χ4n) is 5.40. The number of nitrogens with zero attached hydrogens (tertiary/aromatic N) is 5. The van der Waals surface area contributed by atoms with Gasteiger partial charge in [-0.3, -0.25) is 0 Å². The van der Waals surface area contributed by atoms with Crippen LogP contribution in [0.25, 0.3) is 0 Å². The summed E-state index contributed by atoms with van der Waals surface area (Å²) < 4.78 is 5.36. The lowest BCUT2D eigenvalue weighted by Crippen LogP contribution is -2.49. The van der Waals surface area contributed by atoms with Gasteiger partial charge >= 0.3 is 12.0 Å². The summed E-state index contributed by atoms with van der Waals surface area (Å²) in [6.45, 7) is 7.09. The molecule has 0 bridgehead atoms. The van der Waals surface area contributed by atoms with Gasteiger partial charge in [0.05, 0.1) is 0 Å². The quantitative estimate of drug-likeness (QED) is 0.853. The molecule has 0 radical (unpaired) electrons. The number of likely N-dealkylation sites (tertiary alicyclic amines) is 2. The molecule has 2 amide bonds. The average molecular weight is 391 g/mol. The smallest absolute Gasteiger partial charge is 0.324 e. The minimum Gasteiger partial charge on any atom is -0.341 e. The lowest BCUT2D eigenvalue weighted by Gasteiger charge is -2.41. The van der Waals surface area contributed by atoms with Gasteiger partial charge in [0, 0.05) is 38.8 Å². The first-order chi connectivity index (χ1) is 13.7. The Morgan fingerprint density at radius 1 is 1.04 bits per heavy atom. The van der Waals surface area contributed by atoms with Gasteiger partial charge in [-0.2, -0.15) is 4.98 Å². The van der Waals surface area contributed by atoms with E-state index in [0.29, 0.717) is 29.8 Å². The van der Waals surface area contributed by atoms with E-state index in [1.807, 2.05) is 6.92 Å². The third-order valence-corrected chi connectivity index (χ3v) is 6.89. The standard InChI is InChI=1S/C20H34N6O2/c1-15-22-20(28-23-15)25-10-3-5-17(9-14-25)24-12-7-16(8-13-24)18-6-4-11-26(18)19(27)21-2/h16-18H,3-14H2,1-2H3,(H,21,27)/t17?,18-/m0/s1. The van der Waals surface area contributed by atoms with E-state index in [4.69, 9.17) is 4.52 Å². The second kappa shape index (κ2) is 8.68. The topological polar surface area (TPSA) is 77.7 Å². The molecule has 1 aromatic heterocycles. The van der Waals surface area contributed by atoms with Gasteiger partial charge in [0.2, 0.25) is 0 Å². The van der Waals surface area contributed by atoms with Crippen LogP contribution < -0.4 is 10.2 Å². The number of rotatable bonds is 3.